The Morgan fingerprint density at radius 1 is 1.03 bits per heavy atom. The highest BCUT2D eigenvalue weighted by Gasteiger charge is 2.29. The molecule has 8 nitrogen and oxygen atoms in total. The molecule has 0 aromatic heterocycles. The van der Waals surface area contributed by atoms with E-state index < -0.39 is 12.2 Å². The molecule has 1 aromatic carbocycles. The molecule has 2 heterocycles. The van der Waals surface area contributed by atoms with Crippen LogP contribution in [0, 0.1) is 0 Å². The lowest BCUT2D eigenvalue weighted by Crippen LogP contribution is -2.49. The van der Waals surface area contributed by atoms with Gasteiger partial charge in [0, 0.05) is 58.2 Å². The second-order valence-electron chi connectivity index (χ2n) is 7.98. The lowest BCUT2D eigenvalue weighted by molar-refractivity contribution is -0.139. The number of amides is 3. The van der Waals surface area contributed by atoms with E-state index in [-0.39, 0.29) is 43.7 Å². The number of nitrogens with zero attached hydrogens (tertiary/aromatic N) is 3. The maximum absolute atomic E-state index is 12.6. The van der Waals surface area contributed by atoms with Crippen molar-refractivity contribution >= 4 is 47.0 Å². The minimum Gasteiger partial charge on any atom is -0.390 e. The van der Waals surface area contributed by atoms with Crippen LogP contribution in [-0.2, 0) is 14.4 Å². The maximum atomic E-state index is 12.6. The van der Waals surface area contributed by atoms with E-state index in [0.717, 1.165) is 5.56 Å². The highest BCUT2D eigenvalue weighted by atomic mass is 35.5. The summed E-state index contributed by atoms with van der Waals surface area (Å²) in [6.45, 7) is 1.77. The Labute approximate surface area is 197 Å². The predicted octanol–water partition coefficient (Wildman–Crippen LogP) is 1.41. The summed E-state index contributed by atoms with van der Waals surface area (Å²) in [6, 6.07) is 5.08. The highest BCUT2D eigenvalue weighted by molar-refractivity contribution is 6.42. The highest BCUT2D eigenvalue weighted by Crippen LogP contribution is 2.23. The molecule has 10 heteroatoms. The first kappa shape index (κ1) is 24.5. The Morgan fingerprint density at radius 3 is 2.53 bits per heavy atom. The molecule has 0 radical (unpaired) electrons. The van der Waals surface area contributed by atoms with Crippen molar-refractivity contribution in [3.63, 3.8) is 0 Å². The van der Waals surface area contributed by atoms with Crippen LogP contribution in [0.4, 0.5) is 0 Å². The van der Waals surface area contributed by atoms with Crippen molar-refractivity contribution in [1.82, 2.24) is 14.7 Å². The maximum Gasteiger partial charge on any atom is 0.246 e. The third-order valence-electron chi connectivity index (χ3n) is 5.76. The van der Waals surface area contributed by atoms with Crippen LogP contribution >= 0.6 is 23.2 Å². The Morgan fingerprint density at radius 2 is 1.81 bits per heavy atom. The minimum absolute atomic E-state index is 0.0986. The molecule has 0 unspecified atom stereocenters. The molecule has 2 saturated heterocycles. The fraction of sp³-hybridized carbons (Fsp3) is 0.500. The molecule has 3 amide bonds. The van der Waals surface area contributed by atoms with Gasteiger partial charge in [0.15, 0.2) is 0 Å². The summed E-state index contributed by atoms with van der Waals surface area (Å²) >= 11 is 11.9. The number of β-amino-alcohol motifs (C(OH)–C–C–N with tert-alkyl or cyclic N) is 1. The molecule has 174 valence electrons. The fourth-order valence-electron chi connectivity index (χ4n) is 3.75. The van der Waals surface area contributed by atoms with Gasteiger partial charge in [-0.3, -0.25) is 14.4 Å². The molecule has 2 atom stereocenters. The quantitative estimate of drug-likeness (QED) is 0.616. The number of piperidine rings is 1. The second kappa shape index (κ2) is 11.1. The van der Waals surface area contributed by atoms with Crippen molar-refractivity contribution in [2.75, 3.05) is 39.3 Å². The van der Waals surface area contributed by atoms with E-state index in [9.17, 15) is 24.6 Å². The van der Waals surface area contributed by atoms with Crippen LogP contribution in [0.3, 0.4) is 0 Å². The zero-order valence-electron chi connectivity index (χ0n) is 17.6. The molecule has 0 bridgehead atoms. The summed E-state index contributed by atoms with van der Waals surface area (Å²) < 4.78 is 0. The number of hydrogen-bond donors (Lipinski definition) is 2. The third kappa shape index (κ3) is 6.45. The van der Waals surface area contributed by atoms with Gasteiger partial charge in [0.25, 0.3) is 0 Å². The van der Waals surface area contributed by atoms with Gasteiger partial charge in [0.05, 0.1) is 22.3 Å². The topological polar surface area (TPSA) is 101 Å². The third-order valence-corrected chi connectivity index (χ3v) is 6.50. The zero-order chi connectivity index (χ0) is 23.3. The number of likely N-dealkylation sites (tertiary alicyclic amines) is 1. The van der Waals surface area contributed by atoms with Crippen molar-refractivity contribution in [2.24, 2.45) is 0 Å². The molecule has 0 aliphatic carbocycles. The van der Waals surface area contributed by atoms with Crippen LogP contribution in [0.2, 0.25) is 10.0 Å². The monoisotopic (exact) mass is 483 g/mol. The van der Waals surface area contributed by atoms with Crippen LogP contribution < -0.4 is 0 Å². The average molecular weight is 484 g/mol. The molecule has 2 fully saturated rings. The molecular weight excluding hydrogens is 457 g/mol. The second-order valence-corrected chi connectivity index (χ2v) is 8.79. The molecule has 0 spiro atoms. The number of carbonyl (C=O) groups excluding carboxylic acids is 3. The van der Waals surface area contributed by atoms with E-state index in [0.29, 0.717) is 42.6 Å². The first-order chi connectivity index (χ1) is 15.2. The van der Waals surface area contributed by atoms with Gasteiger partial charge >= 0.3 is 0 Å². The summed E-state index contributed by atoms with van der Waals surface area (Å²) in [5.74, 6) is -0.469. The fourth-order valence-corrected chi connectivity index (χ4v) is 4.05. The van der Waals surface area contributed by atoms with E-state index in [1.807, 2.05) is 0 Å². The van der Waals surface area contributed by atoms with Crippen molar-refractivity contribution in [2.45, 2.75) is 31.5 Å². The molecule has 2 N–H and O–H groups in total. The van der Waals surface area contributed by atoms with Gasteiger partial charge in [0.1, 0.15) is 0 Å². The molecule has 2 aliphatic heterocycles. The summed E-state index contributed by atoms with van der Waals surface area (Å²) in [5.41, 5.74) is 0.745. The van der Waals surface area contributed by atoms with Crippen LogP contribution in [-0.4, -0.2) is 94.1 Å². The normalized spacial score (nSPS) is 22.4. The minimum atomic E-state index is -0.941. The number of aliphatic hydroxyl groups is 2. The SMILES string of the molecule is O=C(/C=C/c1ccc(Cl)c(Cl)c1)N1CCC(=O)N(CCC(=O)N2CC[C@H](O)[C@H](O)C2)CC1. The van der Waals surface area contributed by atoms with E-state index in [1.165, 1.54) is 11.0 Å². The summed E-state index contributed by atoms with van der Waals surface area (Å²) in [6.07, 6.45) is 2.01. The van der Waals surface area contributed by atoms with Crippen molar-refractivity contribution in [3.05, 3.63) is 39.9 Å². The van der Waals surface area contributed by atoms with Gasteiger partial charge in [-0.05, 0) is 30.2 Å². The van der Waals surface area contributed by atoms with E-state index in [2.05, 4.69) is 0 Å². The predicted molar refractivity (Wildman–Crippen MR) is 121 cm³/mol. The van der Waals surface area contributed by atoms with E-state index in [1.54, 1.807) is 34.1 Å². The summed E-state index contributed by atoms with van der Waals surface area (Å²) in [4.78, 5) is 42.2. The van der Waals surface area contributed by atoms with Gasteiger partial charge in [-0.15, -0.1) is 0 Å². The van der Waals surface area contributed by atoms with Crippen molar-refractivity contribution in [3.8, 4) is 0 Å². The first-order valence-corrected chi connectivity index (χ1v) is 11.3. The van der Waals surface area contributed by atoms with Gasteiger partial charge < -0.3 is 24.9 Å². The molecule has 2 aliphatic rings. The number of carbonyl (C=O) groups is 3. The van der Waals surface area contributed by atoms with Crippen molar-refractivity contribution < 1.29 is 24.6 Å². The Bertz CT molecular complexity index is 894. The Hall–Kier alpha value is -2.13. The number of rotatable bonds is 5. The zero-order valence-corrected chi connectivity index (χ0v) is 19.1. The number of halogens is 2. The van der Waals surface area contributed by atoms with Crippen LogP contribution in [0.1, 0.15) is 24.8 Å². The molecular formula is C22H27Cl2N3O5. The molecule has 3 rings (SSSR count). The molecule has 1 aromatic rings. The Kier molecular flexibility index (Phi) is 8.53. The number of aliphatic hydroxyl groups excluding tert-OH is 2. The van der Waals surface area contributed by atoms with Crippen LogP contribution in [0.25, 0.3) is 6.08 Å². The smallest absolute Gasteiger partial charge is 0.246 e. The molecule has 32 heavy (non-hydrogen) atoms. The average Bonchev–Trinajstić information content (AvgIpc) is 2.96. The van der Waals surface area contributed by atoms with Gasteiger partial charge in [-0.1, -0.05) is 29.3 Å². The van der Waals surface area contributed by atoms with E-state index in [4.69, 9.17) is 23.2 Å². The Balaban J connectivity index is 1.49. The lowest BCUT2D eigenvalue weighted by Gasteiger charge is -2.34. The van der Waals surface area contributed by atoms with Crippen LogP contribution in [0.5, 0.6) is 0 Å². The van der Waals surface area contributed by atoms with Gasteiger partial charge in [-0.2, -0.15) is 0 Å². The van der Waals surface area contributed by atoms with Crippen LogP contribution in [0.15, 0.2) is 24.3 Å². The summed E-state index contributed by atoms with van der Waals surface area (Å²) in [5, 5.41) is 20.2. The van der Waals surface area contributed by atoms with Crippen molar-refractivity contribution in [1.29, 1.82) is 0 Å². The van der Waals surface area contributed by atoms with Gasteiger partial charge in [0.2, 0.25) is 17.7 Å². The first-order valence-electron chi connectivity index (χ1n) is 10.6. The lowest BCUT2D eigenvalue weighted by atomic mass is 10.0. The number of hydrogen-bond acceptors (Lipinski definition) is 5. The standard InChI is InChI=1S/C22H27Cl2N3O5/c23-16-3-1-15(13-17(16)24)2-4-20(30)25-9-6-21(31)26(12-11-25)10-7-22(32)27-8-5-18(28)19(29)14-27/h1-4,13,18-19,28-29H,5-12,14H2/b4-2+/t18-,19+/m0/s1. The summed E-state index contributed by atoms with van der Waals surface area (Å²) in [7, 11) is 0. The van der Waals surface area contributed by atoms with Gasteiger partial charge in [-0.25, -0.2) is 0 Å². The molecule has 0 saturated carbocycles. The largest absolute Gasteiger partial charge is 0.390 e. The number of benzene rings is 1. The van der Waals surface area contributed by atoms with E-state index >= 15 is 0 Å².